The zero-order chi connectivity index (χ0) is 14.5. The Morgan fingerprint density at radius 2 is 2.20 bits per heavy atom. The molecule has 2 atom stereocenters. The first-order valence-electron chi connectivity index (χ1n) is 7.05. The van der Waals surface area contributed by atoms with Gasteiger partial charge in [0.1, 0.15) is 0 Å². The van der Waals surface area contributed by atoms with E-state index >= 15 is 0 Å². The second-order valence-corrected chi connectivity index (χ2v) is 6.35. The van der Waals surface area contributed by atoms with Crippen molar-refractivity contribution in [2.75, 3.05) is 26.2 Å². The molecule has 1 aromatic rings. The van der Waals surface area contributed by atoms with Crippen molar-refractivity contribution in [3.8, 4) is 0 Å². The SMILES string of the molecule is CC(NC(=O)CN1CCN[C@H](C)C1)c1ccc(Br)cc1. The number of piperazine rings is 1. The zero-order valence-electron chi connectivity index (χ0n) is 12.0. The molecule has 4 nitrogen and oxygen atoms in total. The summed E-state index contributed by atoms with van der Waals surface area (Å²) in [5.74, 6) is 0.0921. The molecule has 0 aliphatic carbocycles. The van der Waals surface area contributed by atoms with Gasteiger partial charge in [-0.3, -0.25) is 9.69 Å². The molecule has 1 aliphatic heterocycles. The second kappa shape index (κ2) is 7.20. The molecule has 0 spiro atoms. The molecule has 2 rings (SSSR count). The van der Waals surface area contributed by atoms with Crippen LogP contribution >= 0.6 is 15.9 Å². The Hall–Kier alpha value is -0.910. The standard InChI is InChI=1S/C15H22BrN3O/c1-11-9-19(8-7-17-11)10-15(20)18-12(2)13-3-5-14(16)6-4-13/h3-6,11-12,17H,7-10H2,1-2H3,(H,18,20)/t11-,12?/m1/s1. The maximum absolute atomic E-state index is 12.1. The van der Waals surface area contributed by atoms with Crippen LogP contribution in [0, 0.1) is 0 Å². The van der Waals surface area contributed by atoms with Crippen LogP contribution in [0.15, 0.2) is 28.7 Å². The molecule has 5 heteroatoms. The van der Waals surface area contributed by atoms with Crippen molar-refractivity contribution in [1.29, 1.82) is 0 Å². The summed E-state index contributed by atoms with van der Waals surface area (Å²) in [5, 5.41) is 6.44. The van der Waals surface area contributed by atoms with E-state index in [1.807, 2.05) is 31.2 Å². The van der Waals surface area contributed by atoms with Crippen molar-refractivity contribution in [3.63, 3.8) is 0 Å². The number of benzene rings is 1. The van der Waals surface area contributed by atoms with E-state index in [1.54, 1.807) is 0 Å². The molecule has 1 fully saturated rings. The van der Waals surface area contributed by atoms with E-state index in [1.165, 1.54) is 0 Å². The van der Waals surface area contributed by atoms with Gasteiger partial charge in [0.05, 0.1) is 12.6 Å². The van der Waals surface area contributed by atoms with Gasteiger partial charge in [0.25, 0.3) is 0 Å². The van der Waals surface area contributed by atoms with Gasteiger partial charge in [0, 0.05) is 30.1 Å². The molecule has 0 aromatic heterocycles. The van der Waals surface area contributed by atoms with E-state index in [0.717, 1.165) is 29.7 Å². The lowest BCUT2D eigenvalue weighted by Crippen LogP contribution is -2.51. The Labute approximate surface area is 129 Å². The molecule has 1 unspecified atom stereocenters. The number of carbonyl (C=O) groups excluding carboxylic acids is 1. The fraction of sp³-hybridized carbons (Fsp3) is 0.533. The van der Waals surface area contributed by atoms with Crippen LogP contribution in [-0.4, -0.2) is 43.0 Å². The van der Waals surface area contributed by atoms with Gasteiger partial charge in [-0.1, -0.05) is 28.1 Å². The topological polar surface area (TPSA) is 44.4 Å². The minimum absolute atomic E-state index is 0.0379. The fourth-order valence-electron chi connectivity index (χ4n) is 2.48. The summed E-state index contributed by atoms with van der Waals surface area (Å²) in [4.78, 5) is 14.3. The molecule has 2 N–H and O–H groups in total. The minimum Gasteiger partial charge on any atom is -0.348 e. The Morgan fingerprint density at radius 1 is 1.50 bits per heavy atom. The highest BCUT2D eigenvalue weighted by atomic mass is 79.9. The van der Waals surface area contributed by atoms with Crippen LogP contribution in [0.5, 0.6) is 0 Å². The fourth-order valence-corrected chi connectivity index (χ4v) is 2.75. The van der Waals surface area contributed by atoms with Gasteiger partial charge in [0.2, 0.25) is 5.91 Å². The molecule has 20 heavy (non-hydrogen) atoms. The Bertz CT molecular complexity index is 449. The smallest absolute Gasteiger partial charge is 0.234 e. The highest BCUT2D eigenvalue weighted by molar-refractivity contribution is 9.10. The van der Waals surface area contributed by atoms with Crippen molar-refractivity contribution in [3.05, 3.63) is 34.3 Å². The summed E-state index contributed by atoms with van der Waals surface area (Å²) in [6, 6.07) is 8.55. The van der Waals surface area contributed by atoms with Crippen LogP contribution in [0.3, 0.4) is 0 Å². The number of amides is 1. The number of halogens is 1. The maximum Gasteiger partial charge on any atom is 0.234 e. The van der Waals surface area contributed by atoms with Gasteiger partial charge in [0.15, 0.2) is 0 Å². The molecule has 1 aliphatic rings. The third kappa shape index (κ3) is 4.58. The van der Waals surface area contributed by atoms with Crippen LogP contribution in [0.4, 0.5) is 0 Å². The monoisotopic (exact) mass is 339 g/mol. The summed E-state index contributed by atoms with van der Waals surface area (Å²) in [7, 11) is 0. The number of hydrogen-bond donors (Lipinski definition) is 2. The van der Waals surface area contributed by atoms with Crippen LogP contribution in [0.25, 0.3) is 0 Å². The lowest BCUT2D eigenvalue weighted by molar-refractivity contribution is -0.123. The molecule has 0 radical (unpaired) electrons. The molecule has 1 heterocycles. The van der Waals surface area contributed by atoms with Crippen molar-refractivity contribution >= 4 is 21.8 Å². The van der Waals surface area contributed by atoms with Crippen molar-refractivity contribution < 1.29 is 4.79 Å². The third-order valence-corrected chi connectivity index (χ3v) is 4.10. The number of hydrogen-bond acceptors (Lipinski definition) is 3. The Kier molecular flexibility index (Phi) is 5.57. The van der Waals surface area contributed by atoms with Crippen molar-refractivity contribution in [1.82, 2.24) is 15.5 Å². The summed E-state index contributed by atoms with van der Waals surface area (Å²) >= 11 is 3.42. The van der Waals surface area contributed by atoms with E-state index in [-0.39, 0.29) is 11.9 Å². The molecule has 0 saturated carbocycles. The highest BCUT2D eigenvalue weighted by Crippen LogP contribution is 2.16. The minimum atomic E-state index is 0.0379. The first-order valence-corrected chi connectivity index (χ1v) is 7.84. The third-order valence-electron chi connectivity index (χ3n) is 3.57. The van der Waals surface area contributed by atoms with Crippen LogP contribution in [0.1, 0.15) is 25.5 Å². The summed E-state index contributed by atoms with van der Waals surface area (Å²) < 4.78 is 1.05. The molecule has 1 saturated heterocycles. The summed E-state index contributed by atoms with van der Waals surface area (Å²) in [5.41, 5.74) is 1.12. The van der Waals surface area contributed by atoms with Crippen molar-refractivity contribution in [2.45, 2.75) is 25.9 Å². The molecular formula is C15H22BrN3O. The first-order chi connectivity index (χ1) is 9.54. The van der Waals surface area contributed by atoms with Gasteiger partial charge < -0.3 is 10.6 Å². The quantitative estimate of drug-likeness (QED) is 0.880. The molecule has 1 amide bonds. The second-order valence-electron chi connectivity index (χ2n) is 5.43. The van der Waals surface area contributed by atoms with E-state index in [2.05, 4.69) is 38.4 Å². The summed E-state index contributed by atoms with van der Waals surface area (Å²) in [6.45, 7) is 7.46. The largest absolute Gasteiger partial charge is 0.348 e. The Balaban J connectivity index is 1.83. The Morgan fingerprint density at radius 3 is 2.85 bits per heavy atom. The van der Waals surface area contributed by atoms with Gasteiger partial charge in [-0.2, -0.15) is 0 Å². The molecule has 110 valence electrons. The highest BCUT2D eigenvalue weighted by Gasteiger charge is 2.18. The lowest BCUT2D eigenvalue weighted by Gasteiger charge is -2.31. The number of carbonyl (C=O) groups is 1. The van der Waals surface area contributed by atoms with E-state index < -0.39 is 0 Å². The summed E-state index contributed by atoms with van der Waals surface area (Å²) in [6.07, 6.45) is 0. The zero-order valence-corrected chi connectivity index (χ0v) is 13.6. The number of rotatable bonds is 4. The van der Waals surface area contributed by atoms with Crippen molar-refractivity contribution in [2.24, 2.45) is 0 Å². The molecule has 0 bridgehead atoms. The lowest BCUT2D eigenvalue weighted by atomic mass is 10.1. The molecular weight excluding hydrogens is 318 g/mol. The normalized spacial score (nSPS) is 21.4. The number of nitrogens with one attached hydrogen (secondary N) is 2. The maximum atomic E-state index is 12.1. The van der Waals surface area contributed by atoms with E-state index in [4.69, 9.17) is 0 Å². The number of nitrogens with zero attached hydrogens (tertiary/aromatic N) is 1. The van der Waals surface area contributed by atoms with Gasteiger partial charge in [-0.15, -0.1) is 0 Å². The predicted octanol–water partition coefficient (Wildman–Crippen LogP) is 1.92. The van der Waals surface area contributed by atoms with Crippen LogP contribution < -0.4 is 10.6 Å². The van der Waals surface area contributed by atoms with Gasteiger partial charge >= 0.3 is 0 Å². The van der Waals surface area contributed by atoms with E-state index in [9.17, 15) is 4.79 Å². The first kappa shape index (κ1) is 15.5. The van der Waals surface area contributed by atoms with Gasteiger partial charge in [-0.25, -0.2) is 0 Å². The predicted molar refractivity (Wildman–Crippen MR) is 84.6 cm³/mol. The average Bonchev–Trinajstić information content (AvgIpc) is 2.39. The molecule has 1 aromatic carbocycles. The van der Waals surface area contributed by atoms with Crippen LogP contribution in [0.2, 0.25) is 0 Å². The van der Waals surface area contributed by atoms with Crippen LogP contribution in [-0.2, 0) is 4.79 Å². The van der Waals surface area contributed by atoms with Gasteiger partial charge in [-0.05, 0) is 31.5 Å². The van der Waals surface area contributed by atoms with E-state index in [0.29, 0.717) is 12.6 Å². The average molecular weight is 340 g/mol.